The molecule has 0 aliphatic heterocycles. The molecule has 0 aromatic carbocycles. The number of esters is 3. The molecule has 0 heterocycles. The van der Waals surface area contributed by atoms with Gasteiger partial charge in [-0.15, -0.1) is 0 Å². The monoisotopic (exact) mass is 1100 g/mol. The molecule has 0 spiro atoms. The van der Waals surface area contributed by atoms with Crippen LogP contribution in [0, 0.1) is 0 Å². The van der Waals surface area contributed by atoms with Crippen LogP contribution >= 0.6 is 0 Å². The van der Waals surface area contributed by atoms with E-state index in [1.54, 1.807) is 0 Å². The van der Waals surface area contributed by atoms with Gasteiger partial charge >= 0.3 is 17.9 Å². The number of carbonyl (C=O) groups excluding carboxylic acids is 3. The van der Waals surface area contributed by atoms with Crippen LogP contribution in [0.25, 0.3) is 0 Å². The Balaban J connectivity index is 4.24. The third-order valence-electron chi connectivity index (χ3n) is 14.8. The van der Waals surface area contributed by atoms with Crippen molar-refractivity contribution in [2.24, 2.45) is 0 Å². The van der Waals surface area contributed by atoms with Crippen molar-refractivity contribution in [2.45, 2.75) is 348 Å². The molecule has 0 amide bonds. The van der Waals surface area contributed by atoms with Crippen molar-refractivity contribution in [1.29, 1.82) is 0 Å². The summed E-state index contributed by atoms with van der Waals surface area (Å²) in [7, 11) is 0. The molecule has 0 bridgehead atoms. The summed E-state index contributed by atoms with van der Waals surface area (Å²) in [6.07, 6.45) is 88.9. The molecule has 0 saturated carbocycles. The zero-order valence-electron chi connectivity index (χ0n) is 52.4. The Bertz CT molecular complexity index is 1500. The zero-order valence-corrected chi connectivity index (χ0v) is 52.4. The van der Waals surface area contributed by atoms with E-state index in [0.29, 0.717) is 19.3 Å². The molecule has 6 nitrogen and oxygen atoms in total. The summed E-state index contributed by atoms with van der Waals surface area (Å²) in [6, 6.07) is 0. The van der Waals surface area contributed by atoms with E-state index in [2.05, 4.69) is 106 Å². The second-order valence-corrected chi connectivity index (χ2v) is 22.7. The summed E-state index contributed by atoms with van der Waals surface area (Å²) >= 11 is 0. The average molecular weight is 1100 g/mol. The molecule has 0 saturated heterocycles. The highest BCUT2D eigenvalue weighted by Crippen LogP contribution is 2.16. The molecule has 0 radical (unpaired) electrons. The molecule has 79 heavy (non-hydrogen) atoms. The van der Waals surface area contributed by atoms with Gasteiger partial charge in [0.2, 0.25) is 0 Å². The largest absolute Gasteiger partial charge is 0.462 e. The second kappa shape index (κ2) is 67.1. The zero-order chi connectivity index (χ0) is 57.1. The van der Waals surface area contributed by atoms with Crippen molar-refractivity contribution in [1.82, 2.24) is 0 Å². The standard InChI is InChI=1S/C73H128O6/c1-4-7-10-13-16-19-22-24-26-28-30-32-33-34-35-36-37-38-39-41-42-44-46-48-51-54-57-60-63-66-72(75)78-69-70(68-77-71(74)65-62-59-56-53-50-21-18-15-12-9-6-3)79-73(76)67-64-61-58-55-52-49-47-45-43-40-31-29-27-25-23-20-17-14-11-8-5-2/h15,18,22-25,28-31,33-34,43,45,70H,4-14,16-17,19-21,26-27,32,35-42,44,46-69H2,1-3H3/b18-15-,24-22-,25-23-,30-28-,31-29-,34-33-,45-43-. The lowest BCUT2D eigenvalue weighted by Crippen LogP contribution is -2.30. The summed E-state index contributed by atoms with van der Waals surface area (Å²) < 4.78 is 16.9. The molecular weight excluding hydrogens is 973 g/mol. The minimum atomic E-state index is -0.788. The first-order valence-corrected chi connectivity index (χ1v) is 34.1. The number of hydrogen-bond acceptors (Lipinski definition) is 6. The van der Waals surface area contributed by atoms with Gasteiger partial charge in [-0.05, 0) is 116 Å². The van der Waals surface area contributed by atoms with Gasteiger partial charge in [0, 0.05) is 19.3 Å². The number of carbonyl (C=O) groups is 3. The summed E-state index contributed by atoms with van der Waals surface area (Å²) in [5.41, 5.74) is 0. The lowest BCUT2D eigenvalue weighted by Gasteiger charge is -2.18. The predicted molar refractivity (Wildman–Crippen MR) is 344 cm³/mol. The van der Waals surface area contributed by atoms with E-state index in [1.807, 2.05) is 0 Å². The Hall–Kier alpha value is -3.41. The number of hydrogen-bond donors (Lipinski definition) is 0. The lowest BCUT2D eigenvalue weighted by atomic mass is 10.0. The molecule has 0 N–H and O–H groups in total. The topological polar surface area (TPSA) is 78.9 Å². The maximum absolute atomic E-state index is 12.9. The van der Waals surface area contributed by atoms with E-state index in [0.717, 1.165) is 103 Å². The van der Waals surface area contributed by atoms with E-state index >= 15 is 0 Å². The summed E-state index contributed by atoms with van der Waals surface area (Å²) in [4.78, 5) is 38.3. The maximum atomic E-state index is 12.9. The van der Waals surface area contributed by atoms with Gasteiger partial charge in [-0.25, -0.2) is 0 Å². The molecule has 0 fully saturated rings. The highest BCUT2D eigenvalue weighted by molar-refractivity contribution is 5.71. The quantitative estimate of drug-likeness (QED) is 0.0261. The third-order valence-corrected chi connectivity index (χ3v) is 14.8. The Labute approximate surface area is 490 Å². The van der Waals surface area contributed by atoms with Gasteiger partial charge in [-0.1, -0.05) is 292 Å². The molecule has 0 aliphatic carbocycles. The van der Waals surface area contributed by atoms with Crippen LogP contribution in [-0.4, -0.2) is 37.2 Å². The molecule has 0 rings (SSSR count). The van der Waals surface area contributed by atoms with Crippen LogP contribution in [0.4, 0.5) is 0 Å². The molecular formula is C73H128O6. The predicted octanol–water partition coefficient (Wildman–Crippen LogP) is 23.4. The van der Waals surface area contributed by atoms with Crippen molar-refractivity contribution >= 4 is 17.9 Å². The van der Waals surface area contributed by atoms with Crippen LogP contribution in [0.2, 0.25) is 0 Å². The molecule has 0 aliphatic rings. The second-order valence-electron chi connectivity index (χ2n) is 22.7. The van der Waals surface area contributed by atoms with Gasteiger partial charge in [0.1, 0.15) is 13.2 Å². The summed E-state index contributed by atoms with van der Waals surface area (Å²) in [6.45, 7) is 6.59. The van der Waals surface area contributed by atoms with E-state index < -0.39 is 6.10 Å². The lowest BCUT2D eigenvalue weighted by molar-refractivity contribution is -0.167. The Kier molecular flexibility index (Phi) is 64.2. The van der Waals surface area contributed by atoms with Gasteiger partial charge in [-0.3, -0.25) is 14.4 Å². The molecule has 1 unspecified atom stereocenters. The number of ether oxygens (including phenoxy) is 3. The van der Waals surface area contributed by atoms with Crippen molar-refractivity contribution in [2.75, 3.05) is 13.2 Å². The number of rotatable bonds is 62. The smallest absolute Gasteiger partial charge is 0.306 e. The van der Waals surface area contributed by atoms with Crippen LogP contribution in [0.15, 0.2) is 85.1 Å². The molecule has 1 atom stereocenters. The molecule has 0 aromatic heterocycles. The fourth-order valence-electron chi connectivity index (χ4n) is 9.68. The van der Waals surface area contributed by atoms with E-state index in [4.69, 9.17) is 14.2 Å². The minimum absolute atomic E-state index is 0.0833. The van der Waals surface area contributed by atoms with Crippen LogP contribution < -0.4 is 0 Å². The van der Waals surface area contributed by atoms with Crippen LogP contribution in [0.3, 0.4) is 0 Å². The SMILES string of the molecule is CCCC/C=C\CCCCCCCC(=O)OCC(COC(=O)CCCCCCCCCCCCCCCC/C=C\C/C=C\C/C=C\CCCCCCC)OC(=O)CCCCCCCC/C=C\C/C=C\C/C=C\CCCCCCC. The number of unbranched alkanes of at least 4 members (excludes halogenated alkanes) is 37. The molecule has 0 aromatic rings. The van der Waals surface area contributed by atoms with E-state index in [-0.39, 0.29) is 31.1 Å². The van der Waals surface area contributed by atoms with Gasteiger partial charge in [0.05, 0.1) is 0 Å². The fourth-order valence-corrected chi connectivity index (χ4v) is 9.68. The van der Waals surface area contributed by atoms with Crippen LogP contribution in [-0.2, 0) is 28.6 Å². The van der Waals surface area contributed by atoms with Gasteiger partial charge < -0.3 is 14.2 Å². The summed E-state index contributed by atoms with van der Waals surface area (Å²) in [5, 5.41) is 0. The van der Waals surface area contributed by atoms with Crippen LogP contribution in [0.5, 0.6) is 0 Å². The minimum Gasteiger partial charge on any atom is -0.462 e. The average Bonchev–Trinajstić information content (AvgIpc) is 3.45. The first kappa shape index (κ1) is 75.6. The van der Waals surface area contributed by atoms with E-state index in [9.17, 15) is 14.4 Å². The van der Waals surface area contributed by atoms with Crippen molar-refractivity contribution < 1.29 is 28.6 Å². The number of allylic oxidation sites excluding steroid dienone is 14. The Morgan fingerprint density at radius 1 is 0.253 bits per heavy atom. The third kappa shape index (κ3) is 65.3. The van der Waals surface area contributed by atoms with Crippen molar-refractivity contribution in [3.8, 4) is 0 Å². The van der Waals surface area contributed by atoms with E-state index in [1.165, 1.54) is 199 Å². The summed E-state index contributed by atoms with van der Waals surface area (Å²) in [5.74, 6) is -0.894. The Morgan fingerprint density at radius 2 is 0.468 bits per heavy atom. The van der Waals surface area contributed by atoms with Crippen molar-refractivity contribution in [3.05, 3.63) is 85.1 Å². The normalized spacial score (nSPS) is 12.6. The highest BCUT2D eigenvalue weighted by atomic mass is 16.6. The van der Waals surface area contributed by atoms with Gasteiger partial charge in [-0.2, -0.15) is 0 Å². The van der Waals surface area contributed by atoms with Gasteiger partial charge in [0.15, 0.2) is 6.10 Å². The van der Waals surface area contributed by atoms with Crippen molar-refractivity contribution in [3.63, 3.8) is 0 Å². The molecule has 456 valence electrons. The fraction of sp³-hybridized carbons (Fsp3) is 0.767. The van der Waals surface area contributed by atoms with Crippen LogP contribution in [0.1, 0.15) is 342 Å². The first-order valence-electron chi connectivity index (χ1n) is 34.1. The van der Waals surface area contributed by atoms with Gasteiger partial charge in [0.25, 0.3) is 0 Å². The molecule has 6 heteroatoms. The maximum Gasteiger partial charge on any atom is 0.306 e. The Morgan fingerprint density at radius 3 is 0.759 bits per heavy atom. The highest BCUT2D eigenvalue weighted by Gasteiger charge is 2.19. The first-order chi connectivity index (χ1) is 39.0.